The van der Waals surface area contributed by atoms with Crippen LogP contribution in [0.1, 0.15) is 29.6 Å². The summed E-state index contributed by atoms with van der Waals surface area (Å²) in [5, 5.41) is 7.55. The Kier molecular flexibility index (Phi) is 7.98. The summed E-state index contributed by atoms with van der Waals surface area (Å²) in [5.74, 6) is 2.08. The van der Waals surface area contributed by atoms with Crippen LogP contribution in [-0.4, -0.2) is 35.3 Å². The lowest BCUT2D eigenvalue weighted by molar-refractivity contribution is -0.122. The number of methoxy groups -OCH3 is 1. The van der Waals surface area contributed by atoms with Crippen molar-refractivity contribution in [2.75, 3.05) is 13.7 Å². The van der Waals surface area contributed by atoms with Crippen LogP contribution < -0.4 is 9.47 Å². The van der Waals surface area contributed by atoms with Gasteiger partial charge in [-0.3, -0.25) is 4.79 Å². The van der Waals surface area contributed by atoms with E-state index in [-0.39, 0.29) is 6.47 Å². The molecule has 0 saturated heterocycles. The lowest BCUT2D eigenvalue weighted by Crippen LogP contribution is -2.06. The molecule has 0 aliphatic rings. The van der Waals surface area contributed by atoms with Crippen LogP contribution in [0.15, 0.2) is 18.2 Å². The van der Waals surface area contributed by atoms with E-state index >= 15 is 0 Å². The van der Waals surface area contributed by atoms with Gasteiger partial charge in [0.05, 0.1) is 13.7 Å². The molecule has 2 aromatic rings. The van der Waals surface area contributed by atoms with Crippen LogP contribution in [0.4, 0.5) is 0 Å². The summed E-state index contributed by atoms with van der Waals surface area (Å²) < 4.78 is 10.8. The standard InChI is InChI=1S/C16H19ClN2O2.CH2O2/c1-5-21-16-14(10(2)18-11(3)19-16)8-12-6-7-13(20-4)9-15(12)17;2-1-3/h6-7,9H,5,8H2,1-4H3;1H,(H,2,3). The topological polar surface area (TPSA) is 81.5 Å². The van der Waals surface area contributed by atoms with E-state index in [1.54, 1.807) is 7.11 Å². The molecule has 6 nitrogen and oxygen atoms in total. The number of nitrogens with zero attached hydrogens (tertiary/aromatic N) is 2. The van der Waals surface area contributed by atoms with E-state index in [0.717, 1.165) is 22.6 Å². The molecule has 0 aliphatic heterocycles. The third-order valence-corrected chi connectivity index (χ3v) is 3.55. The maximum atomic E-state index is 8.36. The molecule has 0 saturated carbocycles. The van der Waals surface area contributed by atoms with Crippen molar-refractivity contribution < 1.29 is 19.4 Å². The monoisotopic (exact) mass is 352 g/mol. The Labute approximate surface area is 146 Å². The molecule has 0 atom stereocenters. The van der Waals surface area contributed by atoms with Gasteiger partial charge >= 0.3 is 0 Å². The van der Waals surface area contributed by atoms with Crippen LogP contribution in [0.2, 0.25) is 5.02 Å². The zero-order chi connectivity index (χ0) is 18.1. The number of hydrogen-bond acceptors (Lipinski definition) is 5. The minimum atomic E-state index is -0.250. The predicted molar refractivity (Wildman–Crippen MR) is 92.2 cm³/mol. The number of hydrogen-bond donors (Lipinski definition) is 1. The van der Waals surface area contributed by atoms with E-state index in [1.165, 1.54) is 0 Å². The Hall–Kier alpha value is -2.34. The lowest BCUT2D eigenvalue weighted by Gasteiger charge is -2.13. The van der Waals surface area contributed by atoms with Gasteiger partial charge in [-0.25, -0.2) is 4.98 Å². The first-order valence-corrected chi connectivity index (χ1v) is 7.71. The van der Waals surface area contributed by atoms with Crippen LogP contribution in [-0.2, 0) is 11.2 Å². The second kappa shape index (κ2) is 9.72. The maximum absolute atomic E-state index is 8.36. The summed E-state index contributed by atoms with van der Waals surface area (Å²) in [6.07, 6.45) is 0.629. The molecule has 0 radical (unpaired) electrons. The smallest absolute Gasteiger partial charge is 0.290 e. The minimum Gasteiger partial charge on any atom is -0.497 e. The largest absolute Gasteiger partial charge is 0.497 e. The molecule has 1 N–H and O–H groups in total. The Morgan fingerprint density at radius 3 is 2.50 bits per heavy atom. The number of benzene rings is 1. The van der Waals surface area contributed by atoms with Crippen LogP contribution in [0.5, 0.6) is 11.6 Å². The third kappa shape index (κ3) is 5.38. The van der Waals surface area contributed by atoms with E-state index in [0.29, 0.717) is 29.8 Å². The molecule has 130 valence electrons. The van der Waals surface area contributed by atoms with Crippen LogP contribution in [0.3, 0.4) is 0 Å². The van der Waals surface area contributed by atoms with Gasteiger partial charge in [0, 0.05) is 22.7 Å². The normalized spacial score (nSPS) is 9.71. The molecular formula is C17H21ClN2O4. The zero-order valence-electron chi connectivity index (χ0n) is 14.2. The average Bonchev–Trinajstić information content (AvgIpc) is 2.53. The number of ether oxygens (including phenoxy) is 2. The second-order valence-corrected chi connectivity index (χ2v) is 5.22. The summed E-state index contributed by atoms with van der Waals surface area (Å²) in [5.41, 5.74) is 2.88. The van der Waals surface area contributed by atoms with Crippen molar-refractivity contribution >= 4 is 18.1 Å². The molecule has 24 heavy (non-hydrogen) atoms. The Balaban J connectivity index is 0.000000891. The molecular weight excluding hydrogens is 332 g/mol. The molecule has 0 amide bonds. The summed E-state index contributed by atoms with van der Waals surface area (Å²) in [7, 11) is 1.62. The van der Waals surface area contributed by atoms with Crippen molar-refractivity contribution in [3.8, 4) is 11.6 Å². The van der Waals surface area contributed by atoms with Gasteiger partial charge in [0.25, 0.3) is 6.47 Å². The fraction of sp³-hybridized carbons (Fsp3) is 0.353. The van der Waals surface area contributed by atoms with Crippen molar-refractivity contribution in [2.24, 2.45) is 0 Å². The van der Waals surface area contributed by atoms with Crippen molar-refractivity contribution in [1.29, 1.82) is 0 Å². The van der Waals surface area contributed by atoms with Gasteiger partial charge in [-0.05, 0) is 38.5 Å². The highest BCUT2D eigenvalue weighted by Crippen LogP contribution is 2.28. The Morgan fingerprint density at radius 2 is 1.96 bits per heavy atom. The number of carbonyl (C=O) groups is 1. The van der Waals surface area contributed by atoms with E-state index in [2.05, 4.69) is 9.97 Å². The number of aromatic nitrogens is 2. The molecule has 0 unspecified atom stereocenters. The van der Waals surface area contributed by atoms with Crippen molar-refractivity contribution in [3.63, 3.8) is 0 Å². The summed E-state index contributed by atoms with van der Waals surface area (Å²) in [6, 6.07) is 5.66. The van der Waals surface area contributed by atoms with E-state index in [1.807, 2.05) is 39.0 Å². The van der Waals surface area contributed by atoms with Gasteiger partial charge < -0.3 is 14.6 Å². The van der Waals surface area contributed by atoms with E-state index < -0.39 is 0 Å². The first-order valence-electron chi connectivity index (χ1n) is 7.33. The highest BCUT2D eigenvalue weighted by atomic mass is 35.5. The molecule has 1 aromatic carbocycles. The fourth-order valence-electron chi connectivity index (χ4n) is 2.15. The van der Waals surface area contributed by atoms with E-state index in [9.17, 15) is 0 Å². The minimum absolute atomic E-state index is 0.250. The first kappa shape index (κ1) is 19.7. The third-order valence-electron chi connectivity index (χ3n) is 3.20. The number of aryl methyl sites for hydroxylation is 2. The lowest BCUT2D eigenvalue weighted by atomic mass is 10.0. The van der Waals surface area contributed by atoms with Gasteiger partial charge in [-0.1, -0.05) is 17.7 Å². The summed E-state index contributed by atoms with van der Waals surface area (Å²) >= 11 is 6.31. The summed E-state index contributed by atoms with van der Waals surface area (Å²) in [4.78, 5) is 17.2. The van der Waals surface area contributed by atoms with Crippen molar-refractivity contribution in [1.82, 2.24) is 9.97 Å². The predicted octanol–water partition coefficient (Wildman–Crippen LogP) is 3.45. The molecule has 0 fully saturated rings. The molecule has 0 aliphatic carbocycles. The highest BCUT2D eigenvalue weighted by Gasteiger charge is 2.14. The summed E-state index contributed by atoms with van der Waals surface area (Å²) in [6.45, 7) is 6.08. The maximum Gasteiger partial charge on any atom is 0.290 e. The van der Waals surface area contributed by atoms with Gasteiger partial charge in [-0.2, -0.15) is 4.98 Å². The van der Waals surface area contributed by atoms with Crippen LogP contribution in [0, 0.1) is 13.8 Å². The quantitative estimate of drug-likeness (QED) is 0.830. The van der Waals surface area contributed by atoms with Crippen molar-refractivity contribution in [2.45, 2.75) is 27.2 Å². The van der Waals surface area contributed by atoms with Gasteiger partial charge in [0.2, 0.25) is 5.88 Å². The molecule has 7 heteroatoms. The van der Waals surface area contributed by atoms with Crippen molar-refractivity contribution in [3.05, 3.63) is 45.9 Å². The molecule has 1 heterocycles. The number of halogens is 1. The highest BCUT2D eigenvalue weighted by molar-refractivity contribution is 6.31. The van der Waals surface area contributed by atoms with Gasteiger partial charge in [-0.15, -0.1) is 0 Å². The van der Waals surface area contributed by atoms with Gasteiger partial charge in [0.15, 0.2) is 0 Å². The SMILES string of the molecule is CCOc1nc(C)nc(C)c1Cc1ccc(OC)cc1Cl.O=CO. The van der Waals surface area contributed by atoms with Crippen LogP contribution in [0.25, 0.3) is 0 Å². The molecule has 0 bridgehead atoms. The van der Waals surface area contributed by atoms with E-state index in [4.69, 9.17) is 31.0 Å². The first-order chi connectivity index (χ1) is 11.5. The Morgan fingerprint density at radius 1 is 1.29 bits per heavy atom. The second-order valence-electron chi connectivity index (χ2n) is 4.81. The van der Waals surface area contributed by atoms with Crippen LogP contribution >= 0.6 is 11.6 Å². The zero-order valence-corrected chi connectivity index (χ0v) is 14.9. The Bertz CT molecular complexity index is 693. The average molecular weight is 353 g/mol. The molecule has 0 spiro atoms. The molecule has 1 aromatic heterocycles. The number of rotatable bonds is 5. The fourth-order valence-corrected chi connectivity index (χ4v) is 2.39. The number of carboxylic acid groups (broad SMARTS) is 1. The van der Waals surface area contributed by atoms with Gasteiger partial charge in [0.1, 0.15) is 11.6 Å². The molecule has 2 rings (SSSR count).